The zero-order valence-electron chi connectivity index (χ0n) is 18.3. The number of carbonyl (C=O) groups excluding carboxylic acids is 1. The number of amides is 1. The van der Waals surface area contributed by atoms with E-state index < -0.39 is 0 Å². The highest BCUT2D eigenvalue weighted by molar-refractivity contribution is 5.97. The minimum Gasteiger partial charge on any atom is -0.339 e. The fourth-order valence-electron chi connectivity index (χ4n) is 4.99. The van der Waals surface area contributed by atoms with Gasteiger partial charge < -0.3 is 4.90 Å². The van der Waals surface area contributed by atoms with Crippen LogP contribution >= 0.6 is 0 Å². The van der Waals surface area contributed by atoms with Crippen molar-refractivity contribution in [1.82, 2.24) is 20.3 Å². The molecule has 2 aliphatic rings. The van der Waals surface area contributed by atoms with Crippen molar-refractivity contribution in [3.8, 4) is 17.3 Å². The van der Waals surface area contributed by atoms with Crippen molar-refractivity contribution < 1.29 is 4.79 Å². The van der Waals surface area contributed by atoms with Crippen LogP contribution in [0.15, 0.2) is 42.6 Å². The fraction of sp³-hybridized carbons (Fsp3) is 0.385. The van der Waals surface area contributed by atoms with Crippen LogP contribution in [-0.4, -0.2) is 39.3 Å². The van der Waals surface area contributed by atoms with Crippen molar-refractivity contribution in [1.29, 1.82) is 5.26 Å². The third-order valence-corrected chi connectivity index (χ3v) is 7.16. The molecule has 1 aliphatic carbocycles. The molecule has 0 radical (unpaired) electrons. The molecule has 6 nitrogen and oxygen atoms in total. The molecular formula is C26H27N5O. The number of carbonyl (C=O) groups is 1. The summed E-state index contributed by atoms with van der Waals surface area (Å²) in [5, 5.41) is 20.0. The standard InChI is InChI=1S/C26H27N5O/c1-17-13-23(21-3-2-4-21)24(25-16-28-30-29-25)14-22(17)26(32)31-11-9-20(10-12-31)19-7-5-18(15-27)6-8-19/h5-8,13-14,16,20-21H,2-4,9-12H2,1H3,(H,28,29,30). The number of benzene rings is 2. The number of aromatic amines is 1. The van der Waals surface area contributed by atoms with Crippen LogP contribution in [0, 0.1) is 18.3 Å². The van der Waals surface area contributed by atoms with Gasteiger partial charge in [0.2, 0.25) is 0 Å². The first-order valence-corrected chi connectivity index (χ1v) is 11.4. The molecule has 32 heavy (non-hydrogen) atoms. The molecule has 1 aromatic heterocycles. The van der Waals surface area contributed by atoms with Gasteiger partial charge in [-0.3, -0.25) is 4.79 Å². The first kappa shape index (κ1) is 20.4. The van der Waals surface area contributed by atoms with Gasteiger partial charge in [0.05, 0.1) is 17.8 Å². The molecule has 5 rings (SSSR count). The van der Waals surface area contributed by atoms with E-state index in [1.54, 1.807) is 6.20 Å². The molecule has 0 bridgehead atoms. The Labute approximate surface area is 188 Å². The monoisotopic (exact) mass is 425 g/mol. The van der Waals surface area contributed by atoms with E-state index in [1.165, 1.54) is 30.4 Å². The number of nitrogens with one attached hydrogen (secondary N) is 1. The number of nitriles is 1. The maximum absolute atomic E-state index is 13.5. The highest BCUT2D eigenvalue weighted by Gasteiger charge is 2.29. The Balaban J connectivity index is 1.35. The zero-order valence-corrected chi connectivity index (χ0v) is 18.3. The van der Waals surface area contributed by atoms with Gasteiger partial charge in [-0.15, -0.1) is 0 Å². The number of hydrogen-bond acceptors (Lipinski definition) is 4. The molecule has 0 atom stereocenters. The number of aryl methyl sites for hydroxylation is 1. The number of piperidine rings is 1. The van der Waals surface area contributed by atoms with Crippen molar-refractivity contribution in [3.63, 3.8) is 0 Å². The molecule has 162 valence electrons. The van der Waals surface area contributed by atoms with Gasteiger partial charge in [-0.25, -0.2) is 0 Å². The fourth-order valence-corrected chi connectivity index (χ4v) is 4.99. The quantitative estimate of drug-likeness (QED) is 0.642. The van der Waals surface area contributed by atoms with E-state index in [0.29, 0.717) is 17.4 Å². The van der Waals surface area contributed by atoms with E-state index in [-0.39, 0.29) is 5.91 Å². The molecule has 1 amide bonds. The largest absolute Gasteiger partial charge is 0.339 e. The van der Waals surface area contributed by atoms with Crippen LogP contribution in [0.3, 0.4) is 0 Å². The number of H-pyrrole nitrogens is 1. The maximum Gasteiger partial charge on any atom is 0.254 e. The maximum atomic E-state index is 13.5. The summed E-state index contributed by atoms with van der Waals surface area (Å²) in [4.78, 5) is 15.5. The summed E-state index contributed by atoms with van der Waals surface area (Å²) in [5.41, 5.74) is 6.88. The van der Waals surface area contributed by atoms with Crippen molar-refractivity contribution in [2.45, 2.75) is 50.9 Å². The Morgan fingerprint density at radius 2 is 1.84 bits per heavy atom. The predicted octanol–water partition coefficient (Wildman–Crippen LogP) is 4.94. The van der Waals surface area contributed by atoms with Crippen molar-refractivity contribution in [3.05, 3.63) is 70.4 Å². The predicted molar refractivity (Wildman–Crippen MR) is 122 cm³/mol. The number of likely N-dealkylation sites (tertiary alicyclic amines) is 1. The average molecular weight is 426 g/mol. The molecule has 3 aromatic rings. The van der Waals surface area contributed by atoms with Crippen LogP contribution in [0.5, 0.6) is 0 Å². The van der Waals surface area contributed by atoms with E-state index in [2.05, 4.69) is 27.5 Å². The minimum absolute atomic E-state index is 0.102. The van der Waals surface area contributed by atoms with E-state index in [9.17, 15) is 4.79 Å². The third kappa shape index (κ3) is 3.80. The van der Waals surface area contributed by atoms with E-state index in [4.69, 9.17) is 5.26 Å². The van der Waals surface area contributed by atoms with Crippen LogP contribution in [-0.2, 0) is 0 Å². The lowest BCUT2D eigenvalue weighted by Gasteiger charge is -2.33. The summed E-state index contributed by atoms with van der Waals surface area (Å²) in [6, 6.07) is 14.3. The topological polar surface area (TPSA) is 85.7 Å². The summed E-state index contributed by atoms with van der Waals surface area (Å²) in [6.45, 7) is 3.53. The van der Waals surface area contributed by atoms with Crippen molar-refractivity contribution in [2.75, 3.05) is 13.1 Å². The first-order valence-electron chi connectivity index (χ1n) is 11.4. The summed E-state index contributed by atoms with van der Waals surface area (Å²) < 4.78 is 0. The molecule has 0 unspecified atom stereocenters. The second-order valence-corrected chi connectivity index (χ2v) is 9.04. The molecule has 1 saturated heterocycles. The lowest BCUT2D eigenvalue weighted by Crippen LogP contribution is -2.38. The Hall–Kier alpha value is -3.46. The number of rotatable bonds is 4. The number of aromatic nitrogens is 3. The lowest BCUT2D eigenvalue weighted by molar-refractivity contribution is 0.0712. The Bertz CT molecular complexity index is 1150. The highest BCUT2D eigenvalue weighted by Crippen LogP contribution is 2.42. The normalized spacial score (nSPS) is 17.1. The van der Waals surface area contributed by atoms with Crippen LogP contribution in [0.1, 0.15) is 76.6 Å². The third-order valence-electron chi connectivity index (χ3n) is 7.16. The molecule has 0 spiro atoms. The first-order chi connectivity index (χ1) is 15.6. The van der Waals surface area contributed by atoms with Gasteiger partial charge in [-0.05, 0) is 79.3 Å². The van der Waals surface area contributed by atoms with Gasteiger partial charge in [0, 0.05) is 24.2 Å². The average Bonchev–Trinajstić information content (AvgIpc) is 3.33. The molecule has 2 fully saturated rings. The molecule has 2 aromatic carbocycles. The van der Waals surface area contributed by atoms with E-state index in [0.717, 1.165) is 48.3 Å². The second-order valence-electron chi connectivity index (χ2n) is 9.04. The van der Waals surface area contributed by atoms with E-state index >= 15 is 0 Å². The highest BCUT2D eigenvalue weighted by atomic mass is 16.2. The molecule has 1 N–H and O–H groups in total. The summed E-state index contributed by atoms with van der Waals surface area (Å²) in [6.07, 6.45) is 7.27. The molecule has 1 aliphatic heterocycles. The van der Waals surface area contributed by atoms with Crippen LogP contribution in [0.2, 0.25) is 0 Å². The molecule has 2 heterocycles. The van der Waals surface area contributed by atoms with Crippen LogP contribution in [0.4, 0.5) is 0 Å². The summed E-state index contributed by atoms with van der Waals surface area (Å²) in [7, 11) is 0. The van der Waals surface area contributed by atoms with Crippen molar-refractivity contribution in [2.24, 2.45) is 0 Å². The summed E-state index contributed by atoms with van der Waals surface area (Å²) >= 11 is 0. The Morgan fingerprint density at radius 3 is 2.44 bits per heavy atom. The second kappa shape index (κ2) is 8.58. The minimum atomic E-state index is 0.102. The van der Waals surface area contributed by atoms with Gasteiger partial charge in [-0.2, -0.15) is 20.7 Å². The van der Waals surface area contributed by atoms with Crippen molar-refractivity contribution >= 4 is 5.91 Å². The Morgan fingerprint density at radius 1 is 1.09 bits per heavy atom. The van der Waals surface area contributed by atoms with Crippen LogP contribution < -0.4 is 0 Å². The van der Waals surface area contributed by atoms with Gasteiger partial charge in [0.15, 0.2) is 0 Å². The Kier molecular flexibility index (Phi) is 5.48. The molecule has 1 saturated carbocycles. The smallest absolute Gasteiger partial charge is 0.254 e. The van der Waals surface area contributed by atoms with Gasteiger partial charge in [-0.1, -0.05) is 24.6 Å². The number of hydrogen-bond donors (Lipinski definition) is 1. The van der Waals surface area contributed by atoms with Gasteiger partial charge >= 0.3 is 0 Å². The molecule has 6 heteroatoms. The van der Waals surface area contributed by atoms with Crippen LogP contribution in [0.25, 0.3) is 11.3 Å². The SMILES string of the molecule is Cc1cc(C2CCC2)c(-c2cn[nH]n2)cc1C(=O)N1CCC(c2ccc(C#N)cc2)CC1. The summed E-state index contributed by atoms with van der Waals surface area (Å²) in [5.74, 6) is 1.08. The molecular weight excluding hydrogens is 398 g/mol. The number of nitrogens with zero attached hydrogens (tertiary/aromatic N) is 4. The van der Waals surface area contributed by atoms with Gasteiger partial charge in [0.25, 0.3) is 5.91 Å². The zero-order chi connectivity index (χ0) is 22.1. The lowest BCUT2D eigenvalue weighted by atomic mass is 9.76. The van der Waals surface area contributed by atoms with E-state index in [1.807, 2.05) is 42.2 Å². The van der Waals surface area contributed by atoms with Gasteiger partial charge in [0.1, 0.15) is 5.69 Å².